The van der Waals surface area contributed by atoms with Crippen LogP contribution in [0.15, 0.2) is 12.4 Å². The first-order valence-electron chi connectivity index (χ1n) is 10.4. The van der Waals surface area contributed by atoms with Crippen LogP contribution in [-0.2, 0) is 4.79 Å². The van der Waals surface area contributed by atoms with Gasteiger partial charge in [0.2, 0.25) is 0 Å². The Morgan fingerprint density at radius 1 is 1.21 bits per heavy atom. The van der Waals surface area contributed by atoms with E-state index in [1.165, 1.54) is 11.1 Å². The predicted molar refractivity (Wildman–Crippen MR) is 105 cm³/mol. The van der Waals surface area contributed by atoms with Crippen LogP contribution in [0.5, 0.6) is 0 Å². The van der Waals surface area contributed by atoms with Crippen LogP contribution in [0, 0.1) is 6.92 Å². The molecule has 1 N–H and O–H groups in total. The molecule has 0 aliphatic carbocycles. The molecule has 3 aliphatic heterocycles. The molecular formula is C20H28N6O3. The predicted octanol–water partition coefficient (Wildman–Crippen LogP) is 0.796. The van der Waals surface area contributed by atoms with Gasteiger partial charge in [-0.3, -0.25) is 19.5 Å². The van der Waals surface area contributed by atoms with E-state index in [1.54, 1.807) is 11.1 Å². The third-order valence-corrected chi connectivity index (χ3v) is 6.26. The largest absolute Gasteiger partial charge is 0.335 e. The number of likely N-dealkylation sites (tertiary alicyclic amines) is 2. The summed E-state index contributed by atoms with van der Waals surface area (Å²) >= 11 is 0. The lowest BCUT2D eigenvalue weighted by molar-refractivity contribution is -0.134. The maximum atomic E-state index is 13.2. The van der Waals surface area contributed by atoms with E-state index in [0.717, 1.165) is 31.7 Å². The molecule has 0 saturated carbocycles. The van der Waals surface area contributed by atoms with Crippen LogP contribution in [0.2, 0.25) is 0 Å². The lowest BCUT2D eigenvalue weighted by atomic mass is 9.87. The molecule has 3 fully saturated rings. The monoisotopic (exact) mass is 400 g/mol. The van der Waals surface area contributed by atoms with Gasteiger partial charge in [0.15, 0.2) is 0 Å². The lowest BCUT2D eigenvalue weighted by Gasteiger charge is -2.37. The zero-order valence-electron chi connectivity index (χ0n) is 17.1. The molecule has 4 rings (SSSR count). The fourth-order valence-electron chi connectivity index (χ4n) is 4.59. The Bertz CT molecular complexity index is 803. The average molecular weight is 400 g/mol. The molecule has 9 heteroatoms. The standard InChI is InChI=1S/C20H28N6O3/c1-3-7-24-9-5-20(6-10-24)18(28)26(19(29)23-20)15-4-8-25(13-15)17(27)16-12-21-14(2)11-22-16/h11-12,15H,3-10,13H2,1-2H3,(H,23,29). The SMILES string of the molecule is CCCN1CCC2(CC1)NC(=O)N(C1CCN(C(=O)c3cnc(C)cn3)C1)C2=O. The van der Waals surface area contributed by atoms with Crippen molar-refractivity contribution in [3.63, 3.8) is 0 Å². The van der Waals surface area contributed by atoms with E-state index in [0.29, 0.717) is 32.4 Å². The van der Waals surface area contributed by atoms with E-state index in [-0.39, 0.29) is 29.6 Å². The van der Waals surface area contributed by atoms with Crippen molar-refractivity contribution in [3.05, 3.63) is 23.8 Å². The molecule has 9 nitrogen and oxygen atoms in total. The third-order valence-electron chi connectivity index (χ3n) is 6.26. The third kappa shape index (κ3) is 3.59. The van der Waals surface area contributed by atoms with Gasteiger partial charge < -0.3 is 15.1 Å². The Labute approximate surface area is 170 Å². The van der Waals surface area contributed by atoms with Crippen molar-refractivity contribution in [3.8, 4) is 0 Å². The van der Waals surface area contributed by atoms with Crippen molar-refractivity contribution in [1.29, 1.82) is 0 Å². The minimum absolute atomic E-state index is 0.131. The molecular weight excluding hydrogens is 372 g/mol. The molecule has 1 atom stereocenters. The number of imide groups is 1. The highest BCUT2D eigenvalue weighted by Gasteiger charge is 2.54. The van der Waals surface area contributed by atoms with Crippen molar-refractivity contribution in [2.24, 2.45) is 0 Å². The summed E-state index contributed by atoms with van der Waals surface area (Å²) in [6.45, 7) is 7.43. The molecule has 3 saturated heterocycles. The van der Waals surface area contributed by atoms with Gasteiger partial charge in [-0.25, -0.2) is 9.78 Å². The van der Waals surface area contributed by atoms with Gasteiger partial charge in [-0.2, -0.15) is 0 Å². The molecule has 0 radical (unpaired) electrons. The van der Waals surface area contributed by atoms with E-state index in [2.05, 4.69) is 27.1 Å². The number of aryl methyl sites for hydroxylation is 1. The molecule has 1 spiro atoms. The summed E-state index contributed by atoms with van der Waals surface area (Å²) in [6, 6.07) is -0.619. The number of rotatable bonds is 4. The Kier molecular flexibility index (Phi) is 5.24. The van der Waals surface area contributed by atoms with Crippen molar-refractivity contribution in [2.75, 3.05) is 32.7 Å². The van der Waals surface area contributed by atoms with Crippen LogP contribution in [0.1, 0.15) is 48.8 Å². The number of carbonyl (C=O) groups excluding carboxylic acids is 3. The summed E-state index contributed by atoms with van der Waals surface area (Å²) in [7, 11) is 0. The molecule has 0 bridgehead atoms. The highest BCUT2D eigenvalue weighted by Crippen LogP contribution is 2.32. The van der Waals surface area contributed by atoms with Gasteiger partial charge in [0.25, 0.3) is 11.8 Å². The van der Waals surface area contributed by atoms with Gasteiger partial charge in [0.05, 0.1) is 17.9 Å². The second-order valence-electron chi connectivity index (χ2n) is 8.27. The number of piperidine rings is 1. The molecule has 156 valence electrons. The van der Waals surface area contributed by atoms with Gasteiger partial charge in [-0.1, -0.05) is 6.92 Å². The highest BCUT2D eigenvalue weighted by atomic mass is 16.2. The molecule has 29 heavy (non-hydrogen) atoms. The van der Waals surface area contributed by atoms with Crippen LogP contribution < -0.4 is 5.32 Å². The van der Waals surface area contributed by atoms with Crippen LogP contribution in [0.4, 0.5) is 4.79 Å². The first-order chi connectivity index (χ1) is 13.9. The lowest BCUT2D eigenvalue weighted by Crippen LogP contribution is -2.55. The first kappa shape index (κ1) is 19.8. The average Bonchev–Trinajstić information content (AvgIpc) is 3.27. The molecule has 4 amide bonds. The maximum Gasteiger partial charge on any atom is 0.325 e. The summed E-state index contributed by atoms with van der Waals surface area (Å²) in [6.07, 6.45) is 5.98. The van der Waals surface area contributed by atoms with Crippen molar-refractivity contribution < 1.29 is 14.4 Å². The van der Waals surface area contributed by atoms with Crippen LogP contribution >= 0.6 is 0 Å². The zero-order valence-corrected chi connectivity index (χ0v) is 17.1. The van der Waals surface area contributed by atoms with Crippen LogP contribution in [0.3, 0.4) is 0 Å². The number of aromatic nitrogens is 2. The second kappa shape index (κ2) is 7.70. The summed E-state index contributed by atoms with van der Waals surface area (Å²) in [5.74, 6) is -0.345. The van der Waals surface area contributed by atoms with E-state index in [1.807, 2.05) is 6.92 Å². The first-order valence-corrected chi connectivity index (χ1v) is 10.4. The summed E-state index contributed by atoms with van der Waals surface area (Å²) < 4.78 is 0. The number of urea groups is 1. The molecule has 1 unspecified atom stereocenters. The number of amides is 4. The summed E-state index contributed by atoms with van der Waals surface area (Å²) in [5.41, 5.74) is 0.255. The topological polar surface area (TPSA) is 98.7 Å². The van der Waals surface area contributed by atoms with E-state index < -0.39 is 5.54 Å². The minimum atomic E-state index is -0.777. The molecule has 1 aromatic heterocycles. The van der Waals surface area contributed by atoms with Crippen molar-refractivity contribution >= 4 is 17.8 Å². The Balaban J connectivity index is 1.42. The number of nitrogens with one attached hydrogen (secondary N) is 1. The smallest absolute Gasteiger partial charge is 0.325 e. The molecule has 3 aliphatic rings. The second-order valence-corrected chi connectivity index (χ2v) is 8.27. The zero-order chi connectivity index (χ0) is 20.6. The number of carbonyl (C=O) groups is 3. The Hall–Kier alpha value is -2.55. The quantitative estimate of drug-likeness (QED) is 0.751. The van der Waals surface area contributed by atoms with Gasteiger partial charge in [0, 0.05) is 32.4 Å². The highest BCUT2D eigenvalue weighted by molar-refractivity contribution is 6.07. The van der Waals surface area contributed by atoms with Gasteiger partial charge in [-0.15, -0.1) is 0 Å². The molecule has 0 aromatic carbocycles. The summed E-state index contributed by atoms with van der Waals surface area (Å²) in [5, 5.41) is 2.98. The maximum absolute atomic E-state index is 13.2. The Morgan fingerprint density at radius 2 is 1.97 bits per heavy atom. The normalized spacial score (nSPS) is 24.4. The number of nitrogens with zero attached hydrogens (tertiary/aromatic N) is 5. The van der Waals surface area contributed by atoms with Gasteiger partial charge >= 0.3 is 6.03 Å². The van der Waals surface area contributed by atoms with E-state index in [9.17, 15) is 14.4 Å². The van der Waals surface area contributed by atoms with Crippen molar-refractivity contribution in [1.82, 2.24) is 30.0 Å². The molecule has 4 heterocycles. The van der Waals surface area contributed by atoms with Gasteiger partial charge in [0.1, 0.15) is 11.2 Å². The number of hydrogen-bond donors (Lipinski definition) is 1. The van der Waals surface area contributed by atoms with Gasteiger partial charge in [-0.05, 0) is 39.2 Å². The molecule has 1 aromatic rings. The fourth-order valence-corrected chi connectivity index (χ4v) is 4.59. The fraction of sp³-hybridized carbons (Fsp3) is 0.650. The summed E-state index contributed by atoms with van der Waals surface area (Å²) in [4.78, 5) is 52.2. The minimum Gasteiger partial charge on any atom is -0.335 e. The van der Waals surface area contributed by atoms with Crippen molar-refractivity contribution in [2.45, 2.75) is 51.1 Å². The number of hydrogen-bond acceptors (Lipinski definition) is 6. The van der Waals surface area contributed by atoms with Crippen LogP contribution in [-0.4, -0.2) is 86.8 Å². The Morgan fingerprint density at radius 3 is 2.62 bits per heavy atom. The van der Waals surface area contributed by atoms with Crippen LogP contribution in [0.25, 0.3) is 0 Å². The van der Waals surface area contributed by atoms with E-state index in [4.69, 9.17) is 0 Å². The van der Waals surface area contributed by atoms with E-state index >= 15 is 0 Å².